The van der Waals surface area contributed by atoms with E-state index in [9.17, 15) is 9.59 Å². The average Bonchev–Trinajstić information content (AvgIpc) is 3.10. The van der Waals surface area contributed by atoms with Crippen LogP contribution in [0, 0.1) is 0 Å². The molecular weight excluding hydrogens is 338 g/mol. The second-order valence-electron chi connectivity index (χ2n) is 5.29. The summed E-state index contributed by atoms with van der Waals surface area (Å²) in [5, 5.41) is 6.07. The van der Waals surface area contributed by atoms with Crippen molar-refractivity contribution in [3.63, 3.8) is 0 Å². The first-order valence-corrected chi connectivity index (χ1v) is 8.66. The Hall–Kier alpha value is -2.87. The van der Waals surface area contributed by atoms with Crippen molar-refractivity contribution in [3.8, 4) is 0 Å². The SMILES string of the molecule is CNC(=O)c1nc2c(NCCCC(=O)c3ccccc3)ncnc2s1. The van der Waals surface area contributed by atoms with Gasteiger partial charge in [0, 0.05) is 25.6 Å². The van der Waals surface area contributed by atoms with Crippen molar-refractivity contribution in [2.45, 2.75) is 12.8 Å². The van der Waals surface area contributed by atoms with Gasteiger partial charge in [-0.25, -0.2) is 15.0 Å². The van der Waals surface area contributed by atoms with Gasteiger partial charge in [0.25, 0.3) is 5.91 Å². The molecule has 0 atom stereocenters. The number of benzene rings is 1. The van der Waals surface area contributed by atoms with Crippen molar-refractivity contribution in [3.05, 3.63) is 47.2 Å². The number of rotatable bonds is 7. The molecule has 0 bridgehead atoms. The van der Waals surface area contributed by atoms with E-state index in [0.29, 0.717) is 40.6 Å². The van der Waals surface area contributed by atoms with Crippen LogP contribution in [-0.4, -0.2) is 40.2 Å². The van der Waals surface area contributed by atoms with Gasteiger partial charge in [0.1, 0.15) is 16.7 Å². The van der Waals surface area contributed by atoms with Crippen LogP contribution in [0.5, 0.6) is 0 Å². The Balaban J connectivity index is 1.61. The number of thiazole rings is 1. The van der Waals surface area contributed by atoms with Gasteiger partial charge in [-0.15, -0.1) is 0 Å². The average molecular weight is 355 g/mol. The van der Waals surface area contributed by atoms with Gasteiger partial charge < -0.3 is 10.6 Å². The maximum Gasteiger partial charge on any atom is 0.280 e. The van der Waals surface area contributed by atoms with Gasteiger partial charge >= 0.3 is 0 Å². The first-order valence-electron chi connectivity index (χ1n) is 7.85. The number of hydrogen-bond acceptors (Lipinski definition) is 7. The van der Waals surface area contributed by atoms with E-state index in [0.717, 1.165) is 5.56 Å². The number of nitrogens with zero attached hydrogens (tertiary/aromatic N) is 3. The van der Waals surface area contributed by atoms with Gasteiger partial charge in [-0.05, 0) is 6.42 Å². The lowest BCUT2D eigenvalue weighted by atomic mass is 10.1. The Kier molecular flexibility index (Phi) is 5.30. The van der Waals surface area contributed by atoms with Crippen molar-refractivity contribution < 1.29 is 9.59 Å². The van der Waals surface area contributed by atoms with Gasteiger partial charge in [0.05, 0.1) is 0 Å². The van der Waals surface area contributed by atoms with Crippen molar-refractivity contribution >= 4 is 39.2 Å². The zero-order valence-electron chi connectivity index (χ0n) is 13.7. The summed E-state index contributed by atoms with van der Waals surface area (Å²) in [6, 6.07) is 9.24. The molecule has 0 saturated carbocycles. The minimum atomic E-state index is -0.248. The van der Waals surface area contributed by atoms with E-state index in [1.54, 1.807) is 7.05 Å². The van der Waals surface area contributed by atoms with Gasteiger partial charge in [-0.3, -0.25) is 9.59 Å². The third kappa shape index (κ3) is 3.97. The van der Waals surface area contributed by atoms with E-state index < -0.39 is 0 Å². The van der Waals surface area contributed by atoms with Crippen LogP contribution in [0.2, 0.25) is 0 Å². The fraction of sp³-hybridized carbons (Fsp3) is 0.235. The number of carbonyl (C=O) groups excluding carboxylic acids is 2. The first-order chi connectivity index (χ1) is 12.2. The lowest BCUT2D eigenvalue weighted by Crippen LogP contribution is -2.17. The molecule has 25 heavy (non-hydrogen) atoms. The van der Waals surface area contributed by atoms with Crippen LogP contribution in [0.3, 0.4) is 0 Å². The number of Topliss-reactive ketones (excluding diaryl/α,β-unsaturated/α-hetero) is 1. The number of fused-ring (bicyclic) bond motifs is 1. The van der Waals surface area contributed by atoms with Crippen LogP contribution in [0.25, 0.3) is 10.3 Å². The molecule has 0 aliphatic heterocycles. The van der Waals surface area contributed by atoms with E-state index in [2.05, 4.69) is 25.6 Å². The molecule has 2 aromatic heterocycles. The Morgan fingerprint density at radius 1 is 1.16 bits per heavy atom. The number of aromatic nitrogens is 3. The van der Waals surface area contributed by atoms with Crippen molar-refractivity contribution in [2.75, 3.05) is 18.9 Å². The Morgan fingerprint density at radius 3 is 2.72 bits per heavy atom. The first kappa shape index (κ1) is 17.0. The Labute approximate surface area is 148 Å². The topological polar surface area (TPSA) is 96.9 Å². The molecule has 7 nitrogen and oxygen atoms in total. The fourth-order valence-corrected chi connectivity index (χ4v) is 3.17. The lowest BCUT2D eigenvalue weighted by molar-refractivity contribution is 0.0960. The molecule has 3 aromatic rings. The summed E-state index contributed by atoms with van der Waals surface area (Å²) in [5.41, 5.74) is 1.29. The van der Waals surface area contributed by atoms with E-state index in [4.69, 9.17) is 0 Å². The predicted octanol–water partition coefficient (Wildman–Crippen LogP) is 2.52. The standard InChI is InChI=1S/C17H17N5O2S/c1-18-15(24)17-22-13-14(20-10-21-16(13)25-17)19-9-5-8-12(23)11-6-3-2-4-7-11/h2-4,6-7,10H,5,8-9H2,1H3,(H,18,24)(H,19,20,21). The summed E-state index contributed by atoms with van der Waals surface area (Å²) in [4.78, 5) is 37.0. The molecule has 1 aromatic carbocycles. The molecule has 0 unspecified atom stereocenters. The van der Waals surface area contributed by atoms with Crippen LogP contribution in [0.1, 0.15) is 33.0 Å². The molecule has 0 fully saturated rings. The molecule has 8 heteroatoms. The van der Waals surface area contributed by atoms with Crippen LogP contribution in [-0.2, 0) is 0 Å². The second-order valence-corrected chi connectivity index (χ2v) is 6.27. The van der Waals surface area contributed by atoms with Gasteiger partial charge in [0.15, 0.2) is 16.6 Å². The summed E-state index contributed by atoms with van der Waals surface area (Å²) in [6.07, 6.45) is 2.56. The molecule has 1 amide bonds. The number of carbonyl (C=O) groups is 2. The highest BCUT2D eigenvalue weighted by atomic mass is 32.1. The Morgan fingerprint density at radius 2 is 1.96 bits per heavy atom. The molecule has 128 valence electrons. The minimum absolute atomic E-state index is 0.116. The van der Waals surface area contributed by atoms with Crippen LogP contribution in [0.15, 0.2) is 36.7 Å². The smallest absolute Gasteiger partial charge is 0.280 e. The molecule has 0 aliphatic rings. The highest BCUT2D eigenvalue weighted by Crippen LogP contribution is 2.24. The second kappa shape index (κ2) is 7.80. The number of ketones is 1. The zero-order chi connectivity index (χ0) is 17.6. The third-order valence-electron chi connectivity index (χ3n) is 3.59. The summed E-state index contributed by atoms with van der Waals surface area (Å²) in [5.74, 6) is 0.441. The highest BCUT2D eigenvalue weighted by molar-refractivity contribution is 7.19. The maximum atomic E-state index is 12.1. The molecule has 3 rings (SSSR count). The molecular formula is C17H17N5O2S. The molecule has 0 spiro atoms. The van der Waals surface area contributed by atoms with Gasteiger partial charge in [-0.2, -0.15) is 0 Å². The van der Waals surface area contributed by atoms with Crippen LogP contribution < -0.4 is 10.6 Å². The zero-order valence-corrected chi connectivity index (χ0v) is 14.5. The van der Waals surface area contributed by atoms with Gasteiger partial charge in [0.2, 0.25) is 0 Å². The lowest BCUT2D eigenvalue weighted by Gasteiger charge is -2.05. The fourth-order valence-electron chi connectivity index (χ4n) is 2.31. The number of nitrogens with one attached hydrogen (secondary N) is 2. The third-order valence-corrected chi connectivity index (χ3v) is 4.55. The van der Waals surface area contributed by atoms with Crippen molar-refractivity contribution in [1.29, 1.82) is 0 Å². The predicted molar refractivity (Wildman–Crippen MR) is 97.1 cm³/mol. The van der Waals surface area contributed by atoms with Crippen molar-refractivity contribution in [1.82, 2.24) is 20.3 Å². The summed E-state index contributed by atoms with van der Waals surface area (Å²) < 4.78 is 0. The highest BCUT2D eigenvalue weighted by Gasteiger charge is 2.14. The molecule has 0 aliphatic carbocycles. The number of amides is 1. The molecule has 2 N–H and O–H groups in total. The van der Waals surface area contributed by atoms with Gasteiger partial charge in [-0.1, -0.05) is 41.7 Å². The van der Waals surface area contributed by atoms with E-state index >= 15 is 0 Å². The summed E-state index contributed by atoms with van der Waals surface area (Å²) in [6.45, 7) is 0.581. The summed E-state index contributed by atoms with van der Waals surface area (Å²) >= 11 is 1.22. The largest absolute Gasteiger partial charge is 0.368 e. The van der Waals surface area contributed by atoms with E-state index in [-0.39, 0.29) is 11.7 Å². The molecule has 2 heterocycles. The minimum Gasteiger partial charge on any atom is -0.368 e. The molecule has 0 radical (unpaired) electrons. The van der Waals surface area contributed by atoms with E-state index in [1.807, 2.05) is 30.3 Å². The Bertz CT molecular complexity index is 894. The molecule has 0 saturated heterocycles. The monoisotopic (exact) mass is 355 g/mol. The van der Waals surface area contributed by atoms with Crippen molar-refractivity contribution in [2.24, 2.45) is 0 Å². The normalized spacial score (nSPS) is 10.6. The quantitative estimate of drug-likeness (QED) is 0.499. The van der Waals surface area contributed by atoms with E-state index in [1.165, 1.54) is 17.7 Å². The van der Waals surface area contributed by atoms with Crippen LogP contribution >= 0.6 is 11.3 Å². The number of anilines is 1. The summed E-state index contributed by atoms with van der Waals surface area (Å²) in [7, 11) is 1.56. The maximum absolute atomic E-state index is 12.1. The van der Waals surface area contributed by atoms with Crippen LogP contribution in [0.4, 0.5) is 5.82 Å². The number of hydrogen-bond donors (Lipinski definition) is 2.